The summed E-state index contributed by atoms with van der Waals surface area (Å²) < 4.78 is 0. The molecule has 0 bridgehead atoms. The minimum atomic E-state index is 0.0866. The molecule has 1 amide bonds. The van der Waals surface area contributed by atoms with Gasteiger partial charge in [-0.2, -0.15) is 0 Å². The lowest BCUT2D eigenvalue weighted by atomic mass is 10.0. The number of hydrogen-bond acceptors (Lipinski definition) is 4. The Hall–Kier alpha value is -2.24. The number of aromatic nitrogens is 1. The highest BCUT2D eigenvalue weighted by Gasteiger charge is 2.20. The molecule has 5 heteroatoms. The second kappa shape index (κ2) is 9.62. The van der Waals surface area contributed by atoms with Crippen LogP contribution in [-0.2, 0) is 11.3 Å². The molecular weight excluding hydrogens is 336 g/mol. The molecule has 1 N–H and O–H groups in total. The molecule has 1 fully saturated rings. The third kappa shape index (κ3) is 5.88. The Balaban J connectivity index is 1.44. The molecule has 1 aromatic heterocycles. The van der Waals surface area contributed by atoms with Crippen LogP contribution in [0.25, 0.3) is 0 Å². The number of benzene rings is 1. The van der Waals surface area contributed by atoms with Gasteiger partial charge in [0.25, 0.3) is 0 Å². The van der Waals surface area contributed by atoms with Crippen LogP contribution in [-0.4, -0.2) is 53.4 Å². The molecule has 2 heterocycles. The van der Waals surface area contributed by atoms with Gasteiger partial charge in [-0.25, -0.2) is 0 Å². The van der Waals surface area contributed by atoms with Crippen molar-refractivity contribution < 1.29 is 4.79 Å². The van der Waals surface area contributed by atoms with Gasteiger partial charge < -0.3 is 5.32 Å². The van der Waals surface area contributed by atoms with Crippen LogP contribution in [0.2, 0.25) is 0 Å². The van der Waals surface area contributed by atoms with E-state index in [-0.39, 0.29) is 11.9 Å². The summed E-state index contributed by atoms with van der Waals surface area (Å²) in [6.45, 7) is 9.32. The van der Waals surface area contributed by atoms with Crippen molar-refractivity contribution >= 4 is 5.91 Å². The van der Waals surface area contributed by atoms with Gasteiger partial charge in [-0.15, -0.1) is 0 Å². The van der Waals surface area contributed by atoms with Gasteiger partial charge in [0.05, 0.1) is 18.3 Å². The lowest BCUT2D eigenvalue weighted by Crippen LogP contribution is -2.49. The summed E-state index contributed by atoms with van der Waals surface area (Å²) in [5.74, 6) is 0.112. The van der Waals surface area contributed by atoms with E-state index in [1.54, 1.807) is 0 Å². The molecule has 27 heavy (non-hydrogen) atoms. The second-order valence-electron chi connectivity index (χ2n) is 7.31. The molecule has 5 nitrogen and oxygen atoms in total. The smallest absolute Gasteiger partial charge is 0.234 e. The van der Waals surface area contributed by atoms with Gasteiger partial charge in [-0.3, -0.25) is 19.6 Å². The van der Waals surface area contributed by atoms with Gasteiger partial charge >= 0.3 is 0 Å². The van der Waals surface area contributed by atoms with Gasteiger partial charge in [0.2, 0.25) is 5.91 Å². The van der Waals surface area contributed by atoms with E-state index in [0.717, 1.165) is 44.8 Å². The standard InChI is InChI=1S/C22H30N4O/c1-3-21(19-9-7-18(2)8-10-19)24-22(27)17-26-14-12-25(13-15-26)16-20-6-4-5-11-23-20/h4-11,21H,3,12-17H2,1-2H3,(H,24,27). The molecular formula is C22H30N4O. The van der Waals surface area contributed by atoms with Gasteiger partial charge in [0.15, 0.2) is 0 Å². The third-order valence-electron chi connectivity index (χ3n) is 5.17. The van der Waals surface area contributed by atoms with Crippen LogP contribution in [0.4, 0.5) is 0 Å². The number of nitrogens with one attached hydrogen (secondary N) is 1. The lowest BCUT2D eigenvalue weighted by molar-refractivity contribution is -0.123. The van der Waals surface area contributed by atoms with Crippen molar-refractivity contribution in [3.05, 3.63) is 65.5 Å². The van der Waals surface area contributed by atoms with Crippen LogP contribution < -0.4 is 5.32 Å². The summed E-state index contributed by atoms with van der Waals surface area (Å²) >= 11 is 0. The largest absolute Gasteiger partial charge is 0.348 e. The summed E-state index contributed by atoms with van der Waals surface area (Å²) in [5, 5.41) is 3.20. The summed E-state index contributed by atoms with van der Waals surface area (Å²) in [7, 11) is 0. The molecule has 1 saturated heterocycles. The van der Waals surface area contributed by atoms with Crippen molar-refractivity contribution in [3.63, 3.8) is 0 Å². The maximum atomic E-state index is 12.5. The van der Waals surface area contributed by atoms with Crippen LogP contribution in [0.5, 0.6) is 0 Å². The molecule has 3 rings (SSSR count). The molecule has 0 radical (unpaired) electrons. The maximum absolute atomic E-state index is 12.5. The van der Waals surface area contributed by atoms with E-state index >= 15 is 0 Å². The molecule has 144 valence electrons. The number of amides is 1. The molecule has 0 spiro atoms. The van der Waals surface area contributed by atoms with E-state index in [4.69, 9.17) is 0 Å². The van der Waals surface area contributed by atoms with Crippen LogP contribution >= 0.6 is 0 Å². The zero-order valence-corrected chi connectivity index (χ0v) is 16.4. The minimum absolute atomic E-state index is 0.0866. The second-order valence-corrected chi connectivity index (χ2v) is 7.31. The van der Waals surface area contributed by atoms with Crippen molar-refractivity contribution in [2.45, 2.75) is 32.9 Å². The van der Waals surface area contributed by atoms with E-state index in [1.165, 1.54) is 11.1 Å². The number of carbonyl (C=O) groups is 1. The zero-order chi connectivity index (χ0) is 19.1. The summed E-state index contributed by atoms with van der Waals surface area (Å²) in [6, 6.07) is 14.6. The average Bonchev–Trinajstić information content (AvgIpc) is 2.69. The highest BCUT2D eigenvalue weighted by atomic mass is 16.2. The average molecular weight is 367 g/mol. The highest BCUT2D eigenvalue weighted by molar-refractivity contribution is 5.78. The predicted molar refractivity (Wildman–Crippen MR) is 108 cm³/mol. The number of carbonyl (C=O) groups excluding carboxylic acids is 1. The van der Waals surface area contributed by atoms with Crippen molar-refractivity contribution in [3.8, 4) is 0 Å². The summed E-state index contributed by atoms with van der Waals surface area (Å²) in [6.07, 6.45) is 2.74. The zero-order valence-electron chi connectivity index (χ0n) is 16.4. The monoisotopic (exact) mass is 366 g/mol. The Morgan fingerprint density at radius 1 is 1.07 bits per heavy atom. The fourth-order valence-electron chi connectivity index (χ4n) is 3.49. The van der Waals surface area contributed by atoms with Crippen molar-refractivity contribution in [2.75, 3.05) is 32.7 Å². The minimum Gasteiger partial charge on any atom is -0.348 e. The Labute approximate surface area is 162 Å². The Kier molecular flexibility index (Phi) is 6.96. The highest BCUT2D eigenvalue weighted by Crippen LogP contribution is 2.17. The van der Waals surface area contributed by atoms with Crippen LogP contribution in [0.1, 0.15) is 36.2 Å². The Morgan fingerprint density at radius 3 is 2.41 bits per heavy atom. The first kappa shape index (κ1) is 19.5. The molecule has 1 atom stereocenters. The third-order valence-corrected chi connectivity index (χ3v) is 5.17. The predicted octanol–water partition coefficient (Wildman–Crippen LogP) is 2.78. The molecule has 1 aliphatic heterocycles. The molecule has 1 aliphatic rings. The lowest BCUT2D eigenvalue weighted by Gasteiger charge is -2.34. The van der Waals surface area contributed by atoms with E-state index < -0.39 is 0 Å². The number of aryl methyl sites for hydroxylation is 1. The van der Waals surface area contributed by atoms with Gasteiger partial charge in [-0.1, -0.05) is 42.8 Å². The van der Waals surface area contributed by atoms with Gasteiger partial charge in [-0.05, 0) is 31.0 Å². The van der Waals surface area contributed by atoms with E-state index in [0.29, 0.717) is 6.54 Å². The maximum Gasteiger partial charge on any atom is 0.234 e. The molecule has 0 aliphatic carbocycles. The number of pyridine rings is 1. The Morgan fingerprint density at radius 2 is 1.78 bits per heavy atom. The molecule has 1 aromatic carbocycles. The van der Waals surface area contributed by atoms with Crippen molar-refractivity contribution in [2.24, 2.45) is 0 Å². The first-order valence-corrected chi connectivity index (χ1v) is 9.84. The molecule has 0 saturated carbocycles. The number of rotatable bonds is 7. The quantitative estimate of drug-likeness (QED) is 0.819. The van der Waals surface area contributed by atoms with Crippen molar-refractivity contribution in [1.29, 1.82) is 0 Å². The van der Waals surface area contributed by atoms with Gasteiger partial charge in [0, 0.05) is 38.9 Å². The van der Waals surface area contributed by atoms with E-state index in [1.807, 2.05) is 18.3 Å². The van der Waals surface area contributed by atoms with Gasteiger partial charge in [0.1, 0.15) is 0 Å². The topological polar surface area (TPSA) is 48.5 Å². The fourth-order valence-corrected chi connectivity index (χ4v) is 3.49. The van der Waals surface area contributed by atoms with Crippen LogP contribution in [0.15, 0.2) is 48.7 Å². The first-order chi connectivity index (χ1) is 13.1. The first-order valence-electron chi connectivity index (χ1n) is 9.84. The van der Waals surface area contributed by atoms with E-state index in [2.05, 4.69) is 64.3 Å². The Bertz CT molecular complexity index is 709. The van der Waals surface area contributed by atoms with Crippen LogP contribution in [0.3, 0.4) is 0 Å². The molecule has 1 unspecified atom stereocenters. The summed E-state index contributed by atoms with van der Waals surface area (Å²) in [4.78, 5) is 21.6. The fraction of sp³-hybridized carbons (Fsp3) is 0.455. The van der Waals surface area contributed by atoms with E-state index in [9.17, 15) is 4.79 Å². The SMILES string of the molecule is CCC(NC(=O)CN1CCN(Cc2ccccn2)CC1)c1ccc(C)cc1. The van der Waals surface area contributed by atoms with Crippen molar-refractivity contribution in [1.82, 2.24) is 20.1 Å². The number of nitrogens with zero attached hydrogens (tertiary/aromatic N) is 3. The normalized spacial score (nSPS) is 16.8. The number of piperazine rings is 1. The summed E-state index contributed by atoms with van der Waals surface area (Å²) in [5.41, 5.74) is 3.52. The van der Waals surface area contributed by atoms with Crippen LogP contribution in [0, 0.1) is 6.92 Å². The number of hydrogen-bond donors (Lipinski definition) is 1. The molecule has 2 aromatic rings.